The Morgan fingerprint density at radius 3 is 2.65 bits per heavy atom. The normalized spacial score (nSPS) is 16.7. The monoisotopic (exact) mass is 229 g/mol. The Hall–Kier alpha value is -1.57. The average Bonchev–Trinajstić information content (AvgIpc) is 2.56. The quantitative estimate of drug-likeness (QED) is 0.779. The van der Waals surface area contributed by atoms with Crippen molar-refractivity contribution in [2.45, 2.75) is 32.2 Å². The molecule has 90 valence electrons. The van der Waals surface area contributed by atoms with Crippen LogP contribution in [0.3, 0.4) is 0 Å². The molecule has 0 atom stereocenters. The molecular weight excluding hydrogens is 210 g/mol. The van der Waals surface area contributed by atoms with Gasteiger partial charge in [0.2, 0.25) is 5.91 Å². The maximum Gasteiger partial charge on any atom is 0.222 e. The molecule has 0 radical (unpaired) electrons. The first kappa shape index (κ1) is 11.9. The first-order chi connectivity index (χ1) is 8.29. The zero-order valence-electron chi connectivity index (χ0n) is 10.2. The summed E-state index contributed by atoms with van der Waals surface area (Å²) in [5.41, 5.74) is 2.32. The minimum Gasteiger partial charge on any atom is -0.338 e. The average molecular weight is 229 g/mol. The van der Waals surface area contributed by atoms with Crippen LogP contribution in [-0.4, -0.2) is 17.4 Å². The number of benzene rings is 1. The van der Waals surface area contributed by atoms with Crippen LogP contribution in [-0.2, 0) is 11.3 Å². The molecule has 1 heterocycles. The van der Waals surface area contributed by atoms with Gasteiger partial charge < -0.3 is 4.90 Å². The molecule has 0 aliphatic carbocycles. The number of carbonyl (C=O) groups excluding carboxylic acids is 1. The third-order valence-electron chi connectivity index (χ3n) is 3.26. The standard InChI is InChI=1S/C15H19NO/c1-2-13-7-9-14(10-8-13)12-16-11-5-3-4-6-15(16)17/h2,7-10H,1,3-6,11-12H2. The van der Waals surface area contributed by atoms with Gasteiger partial charge in [0.1, 0.15) is 0 Å². The van der Waals surface area contributed by atoms with Gasteiger partial charge in [-0.1, -0.05) is 43.3 Å². The van der Waals surface area contributed by atoms with Crippen molar-refractivity contribution in [3.05, 3.63) is 42.0 Å². The molecule has 0 N–H and O–H groups in total. The Labute approximate surface area is 103 Å². The van der Waals surface area contributed by atoms with E-state index >= 15 is 0 Å². The molecule has 1 fully saturated rings. The molecule has 0 spiro atoms. The van der Waals surface area contributed by atoms with Crippen molar-refractivity contribution >= 4 is 12.0 Å². The van der Waals surface area contributed by atoms with E-state index in [1.54, 1.807) is 0 Å². The van der Waals surface area contributed by atoms with Gasteiger partial charge in [-0.25, -0.2) is 0 Å². The van der Waals surface area contributed by atoms with E-state index in [0.29, 0.717) is 12.3 Å². The molecule has 1 aromatic carbocycles. The molecule has 17 heavy (non-hydrogen) atoms. The molecule has 1 aliphatic heterocycles. The van der Waals surface area contributed by atoms with Crippen molar-refractivity contribution in [3.8, 4) is 0 Å². The smallest absolute Gasteiger partial charge is 0.222 e. The van der Waals surface area contributed by atoms with Crippen LogP contribution in [0.1, 0.15) is 36.8 Å². The van der Waals surface area contributed by atoms with E-state index in [1.807, 2.05) is 23.1 Å². The number of hydrogen-bond donors (Lipinski definition) is 0. The van der Waals surface area contributed by atoms with Crippen LogP contribution in [0.4, 0.5) is 0 Å². The molecule has 0 bridgehead atoms. The summed E-state index contributed by atoms with van der Waals surface area (Å²) in [6, 6.07) is 8.25. The summed E-state index contributed by atoms with van der Waals surface area (Å²) in [5, 5.41) is 0. The van der Waals surface area contributed by atoms with Crippen LogP contribution >= 0.6 is 0 Å². The highest BCUT2D eigenvalue weighted by molar-refractivity contribution is 5.76. The lowest BCUT2D eigenvalue weighted by atomic mass is 10.1. The van der Waals surface area contributed by atoms with E-state index in [4.69, 9.17) is 0 Å². The summed E-state index contributed by atoms with van der Waals surface area (Å²) in [6.45, 7) is 5.39. The number of rotatable bonds is 3. The van der Waals surface area contributed by atoms with Gasteiger partial charge in [-0.05, 0) is 24.0 Å². The number of amides is 1. The van der Waals surface area contributed by atoms with E-state index in [0.717, 1.165) is 31.5 Å². The fourth-order valence-electron chi connectivity index (χ4n) is 2.19. The van der Waals surface area contributed by atoms with Crippen molar-refractivity contribution in [3.63, 3.8) is 0 Å². The molecule has 0 unspecified atom stereocenters. The van der Waals surface area contributed by atoms with E-state index in [-0.39, 0.29) is 0 Å². The number of nitrogens with zero attached hydrogens (tertiary/aromatic N) is 1. The zero-order valence-corrected chi connectivity index (χ0v) is 10.2. The lowest BCUT2D eigenvalue weighted by Gasteiger charge is -2.20. The van der Waals surface area contributed by atoms with Crippen molar-refractivity contribution < 1.29 is 4.79 Å². The third-order valence-corrected chi connectivity index (χ3v) is 3.26. The lowest BCUT2D eigenvalue weighted by molar-refractivity contribution is -0.131. The molecular formula is C15H19NO. The molecule has 1 aliphatic rings. The fourth-order valence-corrected chi connectivity index (χ4v) is 2.19. The topological polar surface area (TPSA) is 20.3 Å². The Morgan fingerprint density at radius 2 is 1.94 bits per heavy atom. The van der Waals surface area contributed by atoms with Crippen molar-refractivity contribution in [2.24, 2.45) is 0 Å². The Morgan fingerprint density at radius 1 is 1.18 bits per heavy atom. The summed E-state index contributed by atoms with van der Waals surface area (Å²) >= 11 is 0. The van der Waals surface area contributed by atoms with Gasteiger partial charge in [-0.3, -0.25) is 4.79 Å². The summed E-state index contributed by atoms with van der Waals surface area (Å²) in [7, 11) is 0. The van der Waals surface area contributed by atoms with Crippen LogP contribution < -0.4 is 0 Å². The lowest BCUT2D eigenvalue weighted by Crippen LogP contribution is -2.29. The van der Waals surface area contributed by atoms with Crippen LogP contribution in [0.15, 0.2) is 30.8 Å². The summed E-state index contributed by atoms with van der Waals surface area (Å²) < 4.78 is 0. The van der Waals surface area contributed by atoms with E-state index < -0.39 is 0 Å². The molecule has 2 rings (SSSR count). The van der Waals surface area contributed by atoms with Crippen LogP contribution in [0.25, 0.3) is 6.08 Å². The first-order valence-electron chi connectivity index (χ1n) is 6.29. The van der Waals surface area contributed by atoms with Crippen LogP contribution in [0, 0.1) is 0 Å². The Bertz CT molecular complexity index is 394. The predicted octanol–water partition coefficient (Wildman–Crippen LogP) is 3.23. The highest BCUT2D eigenvalue weighted by Crippen LogP contribution is 2.15. The predicted molar refractivity (Wildman–Crippen MR) is 70.4 cm³/mol. The van der Waals surface area contributed by atoms with Gasteiger partial charge >= 0.3 is 0 Å². The number of likely N-dealkylation sites (tertiary alicyclic amines) is 1. The second kappa shape index (κ2) is 5.67. The van der Waals surface area contributed by atoms with Crippen molar-refractivity contribution in [2.75, 3.05) is 6.54 Å². The molecule has 1 amide bonds. The maximum atomic E-state index is 11.9. The molecule has 2 heteroatoms. The largest absolute Gasteiger partial charge is 0.338 e. The SMILES string of the molecule is C=Cc1ccc(CN2CCCCCC2=O)cc1. The summed E-state index contributed by atoms with van der Waals surface area (Å²) in [5.74, 6) is 0.301. The molecule has 0 aromatic heterocycles. The van der Waals surface area contributed by atoms with Gasteiger partial charge in [0, 0.05) is 19.5 Å². The van der Waals surface area contributed by atoms with E-state index in [2.05, 4.69) is 18.7 Å². The third kappa shape index (κ3) is 3.19. The molecule has 2 nitrogen and oxygen atoms in total. The van der Waals surface area contributed by atoms with Crippen molar-refractivity contribution in [1.82, 2.24) is 4.90 Å². The molecule has 1 saturated heterocycles. The number of carbonyl (C=O) groups is 1. The minimum atomic E-state index is 0.301. The Balaban J connectivity index is 2.02. The minimum absolute atomic E-state index is 0.301. The zero-order chi connectivity index (χ0) is 12.1. The fraction of sp³-hybridized carbons (Fsp3) is 0.400. The van der Waals surface area contributed by atoms with E-state index in [1.165, 1.54) is 12.0 Å². The van der Waals surface area contributed by atoms with Crippen molar-refractivity contribution in [1.29, 1.82) is 0 Å². The highest BCUT2D eigenvalue weighted by Gasteiger charge is 2.16. The van der Waals surface area contributed by atoms with Gasteiger partial charge in [0.05, 0.1) is 0 Å². The van der Waals surface area contributed by atoms with Gasteiger partial charge in [-0.15, -0.1) is 0 Å². The second-order valence-corrected chi connectivity index (χ2v) is 4.57. The van der Waals surface area contributed by atoms with Gasteiger partial charge in [0.25, 0.3) is 0 Å². The van der Waals surface area contributed by atoms with Crippen LogP contribution in [0.5, 0.6) is 0 Å². The highest BCUT2D eigenvalue weighted by atomic mass is 16.2. The van der Waals surface area contributed by atoms with E-state index in [9.17, 15) is 4.79 Å². The first-order valence-corrected chi connectivity index (χ1v) is 6.29. The van der Waals surface area contributed by atoms with Gasteiger partial charge in [-0.2, -0.15) is 0 Å². The molecule has 0 saturated carbocycles. The van der Waals surface area contributed by atoms with Gasteiger partial charge in [0.15, 0.2) is 0 Å². The molecule has 1 aromatic rings. The second-order valence-electron chi connectivity index (χ2n) is 4.57. The number of hydrogen-bond acceptors (Lipinski definition) is 1. The Kier molecular flexibility index (Phi) is 3.97. The van der Waals surface area contributed by atoms with Crippen LogP contribution in [0.2, 0.25) is 0 Å². The summed E-state index contributed by atoms with van der Waals surface area (Å²) in [4.78, 5) is 13.8. The summed E-state index contributed by atoms with van der Waals surface area (Å²) in [6.07, 6.45) is 5.91. The maximum absolute atomic E-state index is 11.9.